The molecule has 1 fully saturated rings. The van der Waals surface area contributed by atoms with Gasteiger partial charge in [-0.25, -0.2) is 4.79 Å². The van der Waals surface area contributed by atoms with Crippen LogP contribution < -0.4 is 5.32 Å². The molecular weight excluding hydrogens is 296 g/mol. The summed E-state index contributed by atoms with van der Waals surface area (Å²) in [4.78, 5) is 14.3. The monoisotopic (exact) mass is 330 g/mol. The van der Waals surface area contributed by atoms with Gasteiger partial charge in [-0.15, -0.1) is 0 Å². The van der Waals surface area contributed by atoms with Crippen LogP contribution >= 0.6 is 0 Å². The van der Waals surface area contributed by atoms with Crippen LogP contribution in [0.15, 0.2) is 0 Å². The Morgan fingerprint density at radius 1 is 1.04 bits per heavy atom. The average Bonchev–Trinajstić information content (AvgIpc) is 2.46. The topological polar surface area (TPSA) is 60.0 Å². The number of alkyl carbamates (subject to hydrolysis) is 1. The molecule has 0 saturated heterocycles. The van der Waals surface area contributed by atoms with Gasteiger partial charge >= 0.3 is 6.09 Å². The lowest BCUT2D eigenvalue weighted by molar-refractivity contribution is 0.0452. The van der Waals surface area contributed by atoms with Crippen molar-refractivity contribution in [2.24, 2.45) is 0 Å². The summed E-state index contributed by atoms with van der Waals surface area (Å²) < 4.78 is 15.7. The summed E-state index contributed by atoms with van der Waals surface area (Å²) in [6, 6.07) is 0.754. The first-order valence-electron chi connectivity index (χ1n) is 8.57. The van der Waals surface area contributed by atoms with Gasteiger partial charge in [-0.2, -0.15) is 0 Å². The van der Waals surface area contributed by atoms with Crippen molar-refractivity contribution in [3.8, 4) is 0 Å². The summed E-state index contributed by atoms with van der Waals surface area (Å²) in [6.07, 6.45) is 3.82. The highest BCUT2D eigenvalue weighted by Crippen LogP contribution is 2.23. The maximum Gasteiger partial charge on any atom is 0.407 e. The van der Waals surface area contributed by atoms with Crippen molar-refractivity contribution < 1.29 is 19.0 Å². The highest BCUT2D eigenvalue weighted by atomic mass is 16.6. The van der Waals surface area contributed by atoms with Crippen LogP contribution in [0.1, 0.15) is 46.5 Å². The van der Waals surface area contributed by atoms with Crippen molar-refractivity contribution in [2.45, 2.75) is 64.1 Å². The number of ether oxygens (including phenoxy) is 3. The van der Waals surface area contributed by atoms with E-state index in [1.54, 1.807) is 14.2 Å². The van der Waals surface area contributed by atoms with Crippen molar-refractivity contribution >= 4 is 6.09 Å². The number of carbonyl (C=O) groups is 1. The van der Waals surface area contributed by atoms with E-state index >= 15 is 0 Å². The fraction of sp³-hybridized carbons (Fsp3) is 0.941. The van der Waals surface area contributed by atoms with E-state index in [1.165, 1.54) is 0 Å². The molecule has 0 radical (unpaired) electrons. The molecule has 1 aliphatic carbocycles. The first-order chi connectivity index (χ1) is 10.9. The molecule has 0 bridgehead atoms. The van der Waals surface area contributed by atoms with Crippen LogP contribution in [0.2, 0.25) is 0 Å². The van der Waals surface area contributed by atoms with Crippen LogP contribution in [0.4, 0.5) is 4.79 Å². The average molecular weight is 330 g/mol. The number of methoxy groups -OCH3 is 2. The molecule has 6 nitrogen and oxygen atoms in total. The molecule has 0 aromatic carbocycles. The zero-order valence-electron chi connectivity index (χ0n) is 15.4. The van der Waals surface area contributed by atoms with Gasteiger partial charge in [0.05, 0.1) is 13.2 Å². The van der Waals surface area contributed by atoms with Gasteiger partial charge in [0.15, 0.2) is 0 Å². The lowest BCUT2D eigenvalue weighted by Gasteiger charge is -2.37. The van der Waals surface area contributed by atoms with Crippen LogP contribution in [-0.2, 0) is 14.2 Å². The Bertz CT molecular complexity index is 328. The minimum Gasteiger partial charge on any atom is -0.444 e. The molecule has 6 heteroatoms. The zero-order valence-corrected chi connectivity index (χ0v) is 15.4. The number of nitrogens with one attached hydrogen (secondary N) is 1. The highest BCUT2D eigenvalue weighted by Gasteiger charge is 2.27. The summed E-state index contributed by atoms with van der Waals surface area (Å²) in [5.74, 6) is 0. The van der Waals surface area contributed by atoms with Crippen molar-refractivity contribution in [1.29, 1.82) is 0 Å². The Labute approximate surface area is 140 Å². The highest BCUT2D eigenvalue weighted by molar-refractivity contribution is 5.68. The second-order valence-corrected chi connectivity index (χ2v) is 7.17. The third kappa shape index (κ3) is 8.53. The maximum absolute atomic E-state index is 11.8. The Balaban J connectivity index is 2.38. The number of nitrogens with zero attached hydrogens (tertiary/aromatic N) is 1. The van der Waals surface area contributed by atoms with Crippen molar-refractivity contribution in [3.63, 3.8) is 0 Å². The molecule has 1 N–H and O–H groups in total. The quantitative estimate of drug-likeness (QED) is 0.740. The molecule has 0 aromatic heterocycles. The summed E-state index contributed by atoms with van der Waals surface area (Å²) >= 11 is 0. The Hall–Kier alpha value is -0.850. The Kier molecular flexibility index (Phi) is 8.87. The molecule has 1 rings (SSSR count). The van der Waals surface area contributed by atoms with E-state index in [-0.39, 0.29) is 12.1 Å². The van der Waals surface area contributed by atoms with E-state index in [1.807, 2.05) is 20.8 Å². The van der Waals surface area contributed by atoms with Crippen LogP contribution in [0.3, 0.4) is 0 Å². The van der Waals surface area contributed by atoms with Crippen molar-refractivity contribution in [3.05, 3.63) is 0 Å². The summed E-state index contributed by atoms with van der Waals surface area (Å²) in [5, 5.41) is 2.99. The summed E-state index contributed by atoms with van der Waals surface area (Å²) in [6.45, 7) is 8.97. The van der Waals surface area contributed by atoms with Crippen LogP contribution in [0.25, 0.3) is 0 Å². The van der Waals surface area contributed by atoms with Gasteiger partial charge in [0, 0.05) is 39.4 Å². The van der Waals surface area contributed by atoms with Crippen LogP contribution in [-0.4, -0.2) is 69.2 Å². The van der Waals surface area contributed by atoms with Gasteiger partial charge in [-0.3, -0.25) is 4.90 Å². The largest absolute Gasteiger partial charge is 0.444 e. The van der Waals surface area contributed by atoms with E-state index in [4.69, 9.17) is 14.2 Å². The summed E-state index contributed by atoms with van der Waals surface area (Å²) in [5.41, 5.74) is -0.446. The molecule has 0 unspecified atom stereocenters. The molecule has 0 aromatic rings. The first kappa shape index (κ1) is 20.2. The molecule has 23 heavy (non-hydrogen) atoms. The number of carbonyl (C=O) groups excluding carboxylic acids is 1. The predicted octanol–water partition coefficient (Wildman–Crippen LogP) is 2.42. The minimum atomic E-state index is -0.446. The smallest absolute Gasteiger partial charge is 0.407 e. The molecule has 1 saturated carbocycles. The normalized spacial score (nSPS) is 22.2. The number of hydrogen-bond acceptors (Lipinski definition) is 5. The van der Waals surface area contributed by atoms with Gasteiger partial charge in [0.1, 0.15) is 5.60 Å². The van der Waals surface area contributed by atoms with E-state index in [9.17, 15) is 4.79 Å². The summed E-state index contributed by atoms with van der Waals surface area (Å²) in [7, 11) is 3.46. The lowest BCUT2D eigenvalue weighted by atomic mass is 9.90. The Morgan fingerprint density at radius 2 is 1.57 bits per heavy atom. The number of amides is 1. The van der Waals surface area contributed by atoms with Gasteiger partial charge in [0.25, 0.3) is 0 Å². The van der Waals surface area contributed by atoms with E-state index in [0.717, 1.165) is 52.0 Å². The van der Waals surface area contributed by atoms with Crippen molar-refractivity contribution in [2.75, 3.05) is 40.5 Å². The number of hydrogen-bond donors (Lipinski definition) is 1. The molecule has 1 amide bonds. The fourth-order valence-electron chi connectivity index (χ4n) is 2.95. The molecule has 0 atom stereocenters. The SMILES string of the molecule is COCCN(CCOC)[C@H]1CC[C@H](NC(=O)OC(C)(C)C)CC1. The van der Waals surface area contributed by atoms with Gasteiger partial charge in [-0.05, 0) is 46.5 Å². The van der Waals surface area contributed by atoms with Crippen LogP contribution in [0, 0.1) is 0 Å². The van der Waals surface area contributed by atoms with Gasteiger partial charge < -0.3 is 19.5 Å². The van der Waals surface area contributed by atoms with Gasteiger partial charge in [-0.1, -0.05) is 0 Å². The van der Waals surface area contributed by atoms with E-state index in [0.29, 0.717) is 6.04 Å². The lowest BCUT2D eigenvalue weighted by Crippen LogP contribution is -2.46. The molecule has 0 spiro atoms. The zero-order chi connectivity index (χ0) is 17.3. The Morgan fingerprint density at radius 3 is 2.00 bits per heavy atom. The molecule has 0 aliphatic heterocycles. The molecule has 136 valence electrons. The molecule has 1 aliphatic rings. The fourth-order valence-corrected chi connectivity index (χ4v) is 2.95. The van der Waals surface area contributed by atoms with Crippen molar-refractivity contribution in [1.82, 2.24) is 10.2 Å². The predicted molar refractivity (Wildman–Crippen MR) is 90.7 cm³/mol. The van der Waals surface area contributed by atoms with E-state index in [2.05, 4.69) is 10.2 Å². The maximum atomic E-state index is 11.8. The third-order valence-corrected chi connectivity index (χ3v) is 4.10. The number of rotatable bonds is 8. The second kappa shape index (κ2) is 10.1. The minimum absolute atomic E-state index is 0.216. The molecular formula is C17H34N2O4. The van der Waals surface area contributed by atoms with E-state index < -0.39 is 5.60 Å². The van der Waals surface area contributed by atoms with Gasteiger partial charge in [0.2, 0.25) is 0 Å². The first-order valence-corrected chi connectivity index (χ1v) is 8.57. The van der Waals surface area contributed by atoms with Crippen LogP contribution in [0.5, 0.6) is 0 Å². The molecule has 0 heterocycles. The third-order valence-electron chi connectivity index (χ3n) is 4.10. The second-order valence-electron chi connectivity index (χ2n) is 7.17. The standard InChI is InChI=1S/C17H34N2O4/c1-17(2,3)23-16(20)18-14-6-8-15(9-7-14)19(10-12-21-4)11-13-22-5/h14-15H,6-13H2,1-5H3,(H,18,20)/t14-,15-.